The summed E-state index contributed by atoms with van der Waals surface area (Å²) in [6, 6.07) is 15.7. The van der Waals surface area contributed by atoms with E-state index in [0.29, 0.717) is 17.9 Å². The molecule has 1 heterocycles. The third-order valence-corrected chi connectivity index (χ3v) is 3.34. The summed E-state index contributed by atoms with van der Waals surface area (Å²) in [4.78, 5) is 11.3. The molecule has 0 fully saturated rings. The predicted molar refractivity (Wildman–Crippen MR) is 85.3 cm³/mol. The molecule has 0 aromatic heterocycles. The molecule has 1 aliphatic heterocycles. The molecule has 0 saturated heterocycles. The minimum absolute atomic E-state index is 0.0634. The summed E-state index contributed by atoms with van der Waals surface area (Å²) in [7, 11) is 0. The van der Waals surface area contributed by atoms with Gasteiger partial charge in [0.15, 0.2) is 6.61 Å². The summed E-state index contributed by atoms with van der Waals surface area (Å²) in [5.41, 5.74) is 3.69. The lowest BCUT2D eigenvalue weighted by atomic mass is 10.1. The maximum atomic E-state index is 11.3. The average Bonchev–Trinajstić information content (AvgIpc) is 2.53. The van der Waals surface area contributed by atoms with E-state index in [9.17, 15) is 4.79 Å². The fourth-order valence-electron chi connectivity index (χ4n) is 2.29. The smallest absolute Gasteiger partial charge is 0.262 e. The van der Waals surface area contributed by atoms with E-state index in [1.165, 1.54) is 0 Å². The standard InChI is InChI=1S/C18H14N2O2/c19-9-8-14-3-1-2-13(10-14)4-5-15-6-7-17-16(11-15)20-18(21)12-22-17/h1-7,10-11H,8,12H2,(H,20,21)/b5-4+. The number of nitriles is 1. The van der Waals surface area contributed by atoms with Crippen LogP contribution < -0.4 is 10.1 Å². The molecular weight excluding hydrogens is 276 g/mol. The van der Waals surface area contributed by atoms with Crippen molar-refractivity contribution in [1.29, 1.82) is 5.26 Å². The summed E-state index contributed by atoms with van der Waals surface area (Å²) < 4.78 is 5.33. The molecule has 1 aliphatic rings. The van der Waals surface area contributed by atoms with Crippen LogP contribution in [-0.4, -0.2) is 12.5 Å². The fourth-order valence-corrected chi connectivity index (χ4v) is 2.29. The van der Waals surface area contributed by atoms with Gasteiger partial charge in [0.2, 0.25) is 0 Å². The van der Waals surface area contributed by atoms with Crippen molar-refractivity contribution in [2.75, 3.05) is 11.9 Å². The van der Waals surface area contributed by atoms with Crippen LogP contribution in [0.15, 0.2) is 42.5 Å². The predicted octanol–water partition coefficient (Wildman–Crippen LogP) is 3.25. The third kappa shape index (κ3) is 3.15. The molecule has 22 heavy (non-hydrogen) atoms. The van der Waals surface area contributed by atoms with Crippen molar-refractivity contribution in [3.05, 3.63) is 59.2 Å². The first-order valence-corrected chi connectivity index (χ1v) is 6.95. The van der Waals surface area contributed by atoms with E-state index < -0.39 is 0 Å². The number of benzene rings is 2. The number of nitrogens with zero attached hydrogens (tertiary/aromatic N) is 1. The van der Waals surface area contributed by atoms with Gasteiger partial charge in [0.05, 0.1) is 18.2 Å². The number of ether oxygens (including phenoxy) is 1. The van der Waals surface area contributed by atoms with Gasteiger partial charge in [0.1, 0.15) is 5.75 Å². The first kappa shape index (κ1) is 13.9. The van der Waals surface area contributed by atoms with Crippen molar-refractivity contribution >= 4 is 23.7 Å². The van der Waals surface area contributed by atoms with Crippen LogP contribution in [0.4, 0.5) is 5.69 Å². The summed E-state index contributed by atoms with van der Waals surface area (Å²) in [6.07, 6.45) is 4.35. The largest absolute Gasteiger partial charge is 0.482 e. The molecule has 4 nitrogen and oxygen atoms in total. The topological polar surface area (TPSA) is 62.1 Å². The molecule has 0 unspecified atom stereocenters. The van der Waals surface area contributed by atoms with Crippen LogP contribution in [0.1, 0.15) is 16.7 Å². The molecule has 1 amide bonds. The van der Waals surface area contributed by atoms with E-state index in [2.05, 4.69) is 11.4 Å². The monoisotopic (exact) mass is 290 g/mol. The highest BCUT2D eigenvalue weighted by Crippen LogP contribution is 2.29. The number of fused-ring (bicyclic) bond motifs is 1. The number of carbonyl (C=O) groups excluding carboxylic acids is 1. The zero-order valence-electron chi connectivity index (χ0n) is 11.9. The molecule has 3 rings (SSSR count). The second kappa shape index (κ2) is 6.15. The molecule has 0 bridgehead atoms. The Balaban J connectivity index is 1.81. The van der Waals surface area contributed by atoms with Crippen LogP contribution in [0.25, 0.3) is 12.2 Å². The lowest BCUT2D eigenvalue weighted by Crippen LogP contribution is -2.25. The molecule has 2 aromatic rings. The maximum absolute atomic E-state index is 11.3. The lowest BCUT2D eigenvalue weighted by molar-refractivity contribution is -0.118. The normalized spacial score (nSPS) is 13.1. The maximum Gasteiger partial charge on any atom is 0.262 e. The molecule has 0 saturated carbocycles. The van der Waals surface area contributed by atoms with Gasteiger partial charge in [-0.25, -0.2) is 0 Å². The first-order chi connectivity index (χ1) is 10.7. The van der Waals surface area contributed by atoms with Gasteiger partial charge in [-0.3, -0.25) is 4.79 Å². The van der Waals surface area contributed by atoms with Crippen LogP contribution in [-0.2, 0) is 11.2 Å². The molecule has 108 valence electrons. The third-order valence-electron chi connectivity index (χ3n) is 3.34. The Morgan fingerprint density at radius 2 is 2.00 bits per heavy atom. The van der Waals surface area contributed by atoms with E-state index >= 15 is 0 Å². The van der Waals surface area contributed by atoms with Crippen molar-refractivity contribution in [2.24, 2.45) is 0 Å². The number of hydrogen-bond acceptors (Lipinski definition) is 3. The SMILES string of the molecule is N#CCc1cccc(/C=C/c2ccc3c(c2)NC(=O)CO3)c1. The van der Waals surface area contributed by atoms with Gasteiger partial charge >= 0.3 is 0 Å². The molecule has 4 heteroatoms. The van der Waals surface area contributed by atoms with Crippen molar-refractivity contribution in [3.8, 4) is 11.8 Å². The number of anilines is 1. The minimum Gasteiger partial charge on any atom is -0.482 e. The summed E-state index contributed by atoms with van der Waals surface area (Å²) >= 11 is 0. The number of nitrogens with one attached hydrogen (secondary N) is 1. The van der Waals surface area contributed by atoms with E-state index in [1.807, 2.05) is 54.6 Å². The minimum atomic E-state index is -0.141. The Bertz CT molecular complexity index is 788. The van der Waals surface area contributed by atoms with Gasteiger partial charge in [-0.15, -0.1) is 0 Å². The van der Waals surface area contributed by atoms with Crippen LogP contribution in [0.2, 0.25) is 0 Å². The van der Waals surface area contributed by atoms with Crippen LogP contribution in [0, 0.1) is 11.3 Å². The number of amides is 1. The van der Waals surface area contributed by atoms with E-state index in [0.717, 1.165) is 16.7 Å². The summed E-state index contributed by atoms with van der Waals surface area (Å²) in [5, 5.41) is 11.5. The summed E-state index contributed by atoms with van der Waals surface area (Å²) in [6.45, 7) is 0.0634. The van der Waals surface area contributed by atoms with Crippen molar-refractivity contribution in [1.82, 2.24) is 0 Å². The Hall–Kier alpha value is -3.06. The highest BCUT2D eigenvalue weighted by molar-refractivity contribution is 5.95. The van der Waals surface area contributed by atoms with Crippen LogP contribution in [0.5, 0.6) is 5.75 Å². The Morgan fingerprint density at radius 1 is 1.18 bits per heavy atom. The van der Waals surface area contributed by atoms with E-state index in [4.69, 9.17) is 10.00 Å². The molecule has 1 N–H and O–H groups in total. The van der Waals surface area contributed by atoms with Crippen molar-refractivity contribution in [3.63, 3.8) is 0 Å². The van der Waals surface area contributed by atoms with E-state index in [-0.39, 0.29) is 12.5 Å². The van der Waals surface area contributed by atoms with Gasteiger partial charge in [0, 0.05) is 0 Å². The Labute approximate surface area is 128 Å². The van der Waals surface area contributed by atoms with Gasteiger partial charge < -0.3 is 10.1 Å². The average molecular weight is 290 g/mol. The number of hydrogen-bond donors (Lipinski definition) is 1. The van der Waals surface area contributed by atoms with Crippen molar-refractivity contribution in [2.45, 2.75) is 6.42 Å². The Kier molecular flexibility index (Phi) is 3.88. The lowest BCUT2D eigenvalue weighted by Gasteiger charge is -2.17. The molecule has 0 atom stereocenters. The van der Waals surface area contributed by atoms with Crippen LogP contribution in [0.3, 0.4) is 0 Å². The molecule has 0 radical (unpaired) electrons. The number of rotatable bonds is 3. The zero-order valence-corrected chi connectivity index (χ0v) is 11.9. The van der Waals surface area contributed by atoms with Gasteiger partial charge in [-0.2, -0.15) is 5.26 Å². The van der Waals surface area contributed by atoms with E-state index in [1.54, 1.807) is 0 Å². The Morgan fingerprint density at radius 3 is 2.82 bits per heavy atom. The fraction of sp³-hybridized carbons (Fsp3) is 0.111. The molecular formula is C18H14N2O2. The number of carbonyl (C=O) groups is 1. The summed E-state index contributed by atoms with van der Waals surface area (Å²) in [5.74, 6) is 0.547. The highest BCUT2D eigenvalue weighted by atomic mass is 16.5. The quantitative estimate of drug-likeness (QED) is 0.883. The van der Waals surface area contributed by atoms with Gasteiger partial charge in [-0.05, 0) is 28.8 Å². The molecule has 0 aliphatic carbocycles. The van der Waals surface area contributed by atoms with Gasteiger partial charge in [-0.1, -0.05) is 42.5 Å². The second-order valence-electron chi connectivity index (χ2n) is 5.01. The first-order valence-electron chi connectivity index (χ1n) is 6.95. The molecule has 2 aromatic carbocycles. The second-order valence-corrected chi connectivity index (χ2v) is 5.01. The van der Waals surface area contributed by atoms with Gasteiger partial charge in [0.25, 0.3) is 5.91 Å². The van der Waals surface area contributed by atoms with Crippen LogP contribution >= 0.6 is 0 Å². The zero-order chi connectivity index (χ0) is 15.4. The van der Waals surface area contributed by atoms with Crippen molar-refractivity contribution < 1.29 is 9.53 Å². The molecule has 0 spiro atoms. The highest BCUT2D eigenvalue weighted by Gasteiger charge is 2.15.